The first kappa shape index (κ1) is 15.5. The summed E-state index contributed by atoms with van der Waals surface area (Å²) in [4.78, 5) is 25.4. The highest BCUT2D eigenvalue weighted by Crippen LogP contribution is 2.20. The predicted molar refractivity (Wildman–Crippen MR) is 92.3 cm³/mol. The van der Waals surface area contributed by atoms with Crippen molar-refractivity contribution in [3.05, 3.63) is 95.1 Å². The topological polar surface area (TPSA) is 80.4 Å². The number of aromatic hydroxyl groups is 1. The molecule has 0 aliphatic rings. The van der Waals surface area contributed by atoms with E-state index in [1.165, 1.54) is 24.3 Å². The van der Waals surface area contributed by atoms with Gasteiger partial charge in [0.2, 0.25) is 0 Å². The highest BCUT2D eigenvalue weighted by atomic mass is 16.3. The number of nitrogens with two attached hydrogens (primary N) is 1. The normalized spacial score (nSPS) is 10.3. The Morgan fingerprint density at radius 1 is 0.667 bits per heavy atom. The first-order valence-corrected chi connectivity index (χ1v) is 7.39. The van der Waals surface area contributed by atoms with Gasteiger partial charge in [0.1, 0.15) is 5.75 Å². The molecular formula is C20H15NO3. The highest BCUT2D eigenvalue weighted by molar-refractivity contribution is 6.19. The Bertz CT molecular complexity index is 820. The molecule has 3 rings (SSSR count). The third-order valence-electron chi connectivity index (χ3n) is 3.72. The molecule has 0 aliphatic heterocycles. The van der Waals surface area contributed by atoms with Crippen LogP contribution in [0.1, 0.15) is 31.8 Å². The molecule has 0 atom stereocenters. The van der Waals surface area contributed by atoms with Crippen molar-refractivity contribution in [2.75, 3.05) is 5.73 Å². The molecule has 0 saturated carbocycles. The quantitative estimate of drug-likeness (QED) is 0.570. The van der Waals surface area contributed by atoms with E-state index in [9.17, 15) is 14.7 Å². The minimum atomic E-state index is -0.269. The molecule has 0 radical (unpaired) electrons. The maximum Gasteiger partial charge on any atom is 0.193 e. The fourth-order valence-electron chi connectivity index (χ4n) is 2.44. The number of phenols is 1. The number of phenolic OH excluding ortho intramolecular Hbond substituents is 1. The molecule has 0 aromatic heterocycles. The second-order valence-electron chi connectivity index (χ2n) is 5.37. The summed E-state index contributed by atoms with van der Waals surface area (Å²) < 4.78 is 0. The largest absolute Gasteiger partial charge is 0.508 e. The summed E-state index contributed by atoms with van der Waals surface area (Å²) in [6.07, 6.45) is 0. The monoisotopic (exact) mass is 317 g/mol. The lowest BCUT2D eigenvalue weighted by molar-refractivity contribution is 0.100. The summed E-state index contributed by atoms with van der Waals surface area (Å²) in [6.45, 7) is 0. The van der Waals surface area contributed by atoms with Gasteiger partial charge in [-0.15, -0.1) is 0 Å². The van der Waals surface area contributed by atoms with Crippen molar-refractivity contribution in [1.29, 1.82) is 0 Å². The molecule has 0 heterocycles. The molecule has 4 nitrogen and oxygen atoms in total. The van der Waals surface area contributed by atoms with Crippen LogP contribution < -0.4 is 5.73 Å². The molecule has 0 fully saturated rings. The SMILES string of the molecule is Nc1ccc(C(=O)c2ccccc2C(=O)c2ccc(O)cc2)cc1. The summed E-state index contributed by atoms with van der Waals surface area (Å²) in [5, 5.41) is 9.35. The van der Waals surface area contributed by atoms with E-state index in [0.717, 1.165) is 0 Å². The second-order valence-corrected chi connectivity index (χ2v) is 5.37. The lowest BCUT2D eigenvalue weighted by Crippen LogP contribution is -2.11. The first-order valence-electron chi connectivity index (χ1n) is 7.39. The van der Waals surface area contributed by atoms with E-state index >= 15 is 0 Å². The van der Waals surface area contributed by atoms with E-state index in [4.69, 9.17) is 5.73 Å². The summed E-state index contributed by atoms with van der Waals surface area (Å²) in [5.74, 6) is -0.426. The van der Waals surface area contributed by atoms with Crippen LogP contribution in [0.2, 0.25) is 0 Å². The number of anilines is 1. The average Bonchev–Trinajstić information content (AvgIpc) is 2.62. The average molecular weight is 317 g/mol. The molecule has 0 saturated heterocycles. The van der Waals surface area contributed by atoms with Crippen molar-refractivity contribution in [3.63, 3.8) is 0 Å². The number of hydrogen-bond donors (Lipinski definition) is 2. The summed E-state index contributed by atoms with van der Waals surface area (Å²) in [6, 6.07) is 19.2. The molecule has 0 bridgehead atoms. The van der Waals surface area contributed by atoms with Gasteiger partial charge in [-0.2, -0.15) is 0 Å². The van der Waals surface area contributed by atoms with Crippen molar-refractivity contribution in [2.24, 2.45) is 0 Å². The maximum atomic E-state index is 12.7. The molecule has 0 amide bonds. The van der Waals surface area contributed by atoms with E-state index in [0.29, 0.717) is 27.9 Å². The van der Waals surface area contributed by atoms with Gasteiger partial charge in [-0.25, -0.2) is 0 Å². The van der Waals surface area contributed by atoms with E-state index in [-0.39, 0.29) is 17.3 Å². The van der Waals surface area contributed by atoms with Crippen molar-refractivity contribution in [1.82, 2.24) is 0 Å². The summed E-state index contributed by atoms with van der Waals surface area (Å²) in [7, 11) is 0. The van der Waals surface area contributed by atoms with Gasteiger partial charge in [0.25, 0.3) is 0 Å². The minimum Gasteiger partial charge on any atom is -0.508 e. The van der Waals surface area contributed by atoms with E-state index < -0.39 is 0 Å². The van der Waals surface area contributed by atoms with Crippen LogP contribution in [0, 0.1) is 0 Å². The molecule has 0 aliphatic carbocycles. The Hall–Kier alpha value is -3.40. The zero-order valence-electron chi connectivity index (χ0n) is 12.8. The van der Waals surface area contributed by atoms with Crippen LogP contribution >= 0.6 is 0 Å². The van der Waals surface area contributed by atoms with E-state index in [2.05, 4.69) is 0 Å². The summed E-state index contributed by atoms with van der Waals surface area (Å²) in [5.41, 5.74) is 7.75. The van der Waals surface area contributed by atoms with Crippen molar-refractivity contribution in [2.45, 2.75) is 0 Å². The minimum absolute atomic E-state index is 0.0813. The van der Waals surface area contributed by atoms with Gasteiger partial charge < -0.3 is 10.8 Å². The third-order valence-corrected chi connectivity index (χ3v) is 3.72. The Labute approximate surface area is 139 Å². The molecular weight excluding hydrogens is 302 g/mol. The molecule has 4 heteroatoms. The first-order chi connectivity index (χ1) is 11.6. The highest BCUT2D eigenvalue weighted by Gasteiger charge is 2.19. The molecule has 24 heavy (non-hydrogen) atoms. The summed E-state index contributed by atoms with van der Waals surface area (Å²) >= 11 is 0. The maximum absolute atomic E-state index is 12.7. The standard InChI is InChI=1S/C20H15NO3/c21-15-9-5-13(6-10-15)19(23)17-3-1-2-4-18(17)20(24)14-7-11-16(22)12-8-14/h1-12,22H,21H2. The van der Waals surface area contributed by atoms with Gasteiger partial charge in [-0.1, -0.05) is 24.3 Å². The molecule has 0 spiro atoms. The van der Waals surface area contributed by atoms with Crippen LogP contribution in [0.5, 0.6) is 5.75 Å². The zero-order chi connectivity index (χ0) is 17.1. The number of rotatable bonds is 4. The zero-order valence-corrected chi connectivity index (χ0v) is 12.8. The van der Waals surface area contributed by atoms with Crippen LogP contribution in [0.25, 0.3) is 0 Å². The smallest absolute Gasteiger partial charge is 0.193 e. The van der Waals surface area contributed by atoms with Crippen molar-refractivity contribution < 1.29 is 14.7 Å². The van der Waals surface area contributed by atoms with Gasteiger partial charge in [-0.3, -0.25) is 9.59 Å². The van der Waals surface area contributed by atoms with Gasteiger partial charge in [0.05, 0.1) is 0 Å². The Balaban J connectivity index is 2.01. The van der Waals surface area contributed by atoms with Crippen LogP contribution in [-0.4, -0.2) is 16.7 Å². The van der Waals surface area contributed by atoms with Crippen molar-refractivity contribution >= 4 is 17.3 Å². The van der Waals surface area contributed by atoms with Crippen LogP contribution in [-0.2, 0) is 0 Å². The number of ketones is 2. The third kappa shape index (κ3) is 3.03. The Morgan fingerprint density at radius 3 is 1.54 bits per heavy atom. The van der Waals surface area contributed by atoms with Crippen LogP contribution in [0.3, 0.4) is 0 Å². The second kappa shape index (κ2) is 6.38. The Morgan fingerprint density at radius 2 is 1.08 bits per heavy atom. The van der Waals surface area contributed by atoms with Gasteiger partial charge in [0, 0.05) is 27.9 Å². The van der Waals surface area contributed by atoms with Crippen LogP contribution in [0.4, 0.5) is 5.69 Å². The number of nitrogen functional groups attached to an aromatic ring is 1. The number of benzene rings is 3. The Kier molecular flexibility index (Phi) is 4.12. The van der Waals surface area contributed by atoms with Gasteiger partial charge >= 0.3 is 0 Å². The fourth-order valence-corrected chi connectivity index (χ4v) is 2.44. The van der Waals surface area contributed by atoms with Gasteiger partial charge in [0.15, 0.2) is 11.6 Å². The van der Waals surface area contributed by atoms with E-state index in [1.54, 1.807) is 48.5 Å². The lowest BCUT2D eigenvalue weighted by atomic mass is 9.93. The molecule has 3 aromatic rings. The molecule has 3 aromatic carbocycles. The fraction of sp³-hybridized carbons (Fsp3) is 0. The van der Waals surface area contributed by atoms with Crippen molar-refractivity contribution in [3.8, 4) is 5.75 Å². The molecule has 118 valence electrons. The van der Waals surface area contributed by atoms with Crippen LogP contribution in [0.15, 0.2) is 72.8 Å². The number of carbonyl (C=O) groups is 2. The van der Waals surface area contributed by atoms with Gasteiger partial charge in [-0.05, 0) is 48.5 Å². The predicted octanol–water partition coefficient (Wildman–Crippen LogP) is 3.44. The number of hydrogen-bond acceptors (Lipinski definition) is 4. The van der Waals surface area contributed by atoms with E-state index in [1.807, 2.05) is 0 Å². The molecule has 0 unspecified atom stereocenters. The lowest BCUT2D eigenvalue weighted by Gasteiger charge is -2.08. The molecule has 3 N–H and O–H groups in total. The number of carbonyl (C=O) groups excluding carboxylic acids is 2.